The Hall–Kier alpha value is -2.58. The van der Waals surface area contributed by atoms with E-state index in [-0.39, 0.29) is 49.0 Å². The third-order valence-corrected chi connectivity index (χ3v) is 13.3. The minimum atomic E-state index is -0.708. The van der Waals surface area contributed by atoms with E-state index in [4.69, 9.17) is 14.2 Å². The van der Waals surface area contributed by atoms with Gasteiger partial charge in [0.1, 0.15) is 6.29 Å². The zero-order valence-corrected chi connectivity index (χ0v) is 46.6. The molecule has 0 spiro atoms. The van der Waals surface area contributed by atoms with Crippen molar-refractivity contribution < 1.29 is 43.6 Å². The van der Waals surface area contributed by atoms with Gasteiger partial charge in [-0.25, -0.2) is 0 Å². The fourth-order valence-electron chi connectivity index (χ4n) is 9.17. The Bertz CT molecular complexity index is 1260. The van der Waals surface area contributed by atoms with Gasteiger partial charge in [-0.05, 0) is 169 Å². The van der Waals surface area contributed by atoms with Crippen LogP contribution in [0.1, 0.15) is 235 Å². The molecule has 13 nitrogen and oxygen atoms in total. The van der Waals surface area contributed by atoms with E-state index in [1.807, 2.05) is 18.7 Å². The molecule has 0 radical (unpaired) electrons. The van der Waals surface area contributed by atoms with Gasteiger partial charge in [0.25, 0.3) is 0 Å². The summed E-state index contributed by atoms with van der Waals surface area (Å²) in [5, 5.41) is 28.2. The van der Waals surface area contributed by atoms with Crippen LogP contribution in [0.3, 0.4) is 0 Å². The number of unbranched alkanes of at least 4 members (excludes halogenated alkanes) is 8. The van der Waals surface area contributed by atoms with Gasteiger partial charge in [0.15, 0.2) is 0 Å². The number of carbonyl (C=O) groups excluding carboxylic acids is 4. The molecule has 0 aliphatic rings. The van der Waals surface area contributed by atoms with Gasteiger partial charge in [-0.3, -0.25) is 19.3 Å². The van der Waals surface area contributed by atoms with Crippen LogP contribution in [0, 0.1) is 5.92 Å². The van der Waals surface area contributed by atoms with Crippen molar-refractivity contribution in [1.82, 2.24) is 20.4 Å². The molecule has 8 unspecified atom stereocenters. The van der Waals surface area contributed by atoms with Crippen LogP contribution in [0.4, 0.5) is 0 Å². The van der Waals surface area contributed by atoms with Gasteiger partial charge in [0.2, 0.25) is 5.91 Å². The molecule has 0 aliphatic carbocycles. The van der Waals surface area contributed by atoms with Crippen molar-refractivity contribution in [3.8, 4) is 0 Å². The molecular weight excluding hydrogens is 885 g/mol. The first-order chi connectivity index (χ1) is 33.6. The molecule has 13 heteroatoms. The molecule has 8 atom stereocenters. The highest BCUT2D eigenvalue weighted by Crippen LogP contribution is 2.19. The van der Waals surface area contributed by atoms with Gasteiger partial charge in [-0.2, -0.15) is 0 Å². The second-order valence-corrected chi connectivity index (χ2v) is 20.8. The largest absolute Gasteiger partial charge is 0.496 e. The lowest BCUT2D eigenvalue weighted by Crippen LogP contribution is -2.47. The number of rotatable bonds is 50. The van der Waals surface area contributed by atoms with Crippen LogP contribution in [0.25, 0.3) is 0 Å². The molecule has 0 aliphatic heterocycles. The topological polar surface area (TPSA) is 167 Å². The Morgan fingerprint density at radius 3 is 1.46 bits per heavy atom. The third kappa shape index (κ3) is 39.0. The van der Waals surface area contributed by atoms with Gasteiger partial charge in [-0.1, -0.05) is 86.1 Å². The van der Waals surface area contributed by atoms with Crippen LogP contribution in [0.5, 0.6) is 0 Å². The fourth-order valence-corrected chi connectivity index (χ4v) is 9.17. The molecule has 0 heterocycles. The Balaban J connectivity index is 5.06. The normalized spacial score (nSPS) is 15.2. The number of amides is 1. The Morgan fingerprint density at radius 1 is 0.529 bits per heavy atom. The first-order valence-electron chi connectivity index (χ1n) is 28.6. The molecule has 412 valence electrons. The number of hydrogen-bond donors (Lipinski definition) is 4. The average molecular weight is 996 g/mol. The summed E-state index contributed by atoms with van der Waals surface area (Å²) in [6.07, 6.45) is 23.3. The molecule has 70 heavy (non-hydrogen) atoms. The summed E-state index contributed by atoms with van der Waals surface area (Å²) < 4.78 is 17.2. The number of allylic oxidation sites excluding steroid dienone is 1. The molecule has 0 fully saturated rings. The van der Waals surface area contributed by atoms with Crippen LogP contribution >= 0.6 is 0 Å². The van der Waals surface area contributed by atoms with Crippen molar-refractivity contribution in [2.75, 3.05) is 46.3 Å². The second-order valence-electron chi connectivity index (χ2n) is 20.8. The zero-order valence-electron chi connectivity index (χ0n) is 46.6. The number of likely N-dealkylation sites (N-methyl/N-ethyl adjacent to an activating group) is 1. The summed E-state index contributed by atoms with van der Waals surface area (Å²) in [5.41, 5.74) is 0. The highest BCUT2D eigenvalue weighted by atomic mass is 16.5. The van der Waals surface area contributed by atoms with Crippen molar-refractivity contribution in [3.63, 3.8) is 0 Å². The maximum Gasteiger partial charge on any atom is 0.306 e. The lowest BCUT2D eigenvalue weighted by atomic mass is 10.0. The van der Waals surface area contributed by atoms with Gasteiger partial charge < -0.3 is 44.8 Å². The summed E-state index contributed by atoms with van der Waals surface area (Å²) in [4.78, 5) is 55.0. The van der Waals surface area contributed by atoms with Crippen molar-refractivity contribution in [2.45, 2.75) is 278 Å². The van der Waals surface area contributed by atoms with Crippen molar-refractivity contribution in [2.24, 2.45) is 5.92 Å². The summed E-state index contributed by atoms with van der Waals surface area (Å²) in [7, 11) is 1.79. The lowest BCUT2D eigenvalue weighted by Gasteiger charge is -2.28. The average Bonchev–Trinajstić information content (AvgIpc) is 3.30. The Morgan fingerprint density at radius 2 is 0.986 bits per heavy atom. The van der Waals surface area contributed by atoms with E-state index in [2.05, 4.69) is 63.7 Å². The van der Waals surface area contributed by atoms with Crippen molar-refractivity contribution in [3.05, 3.63) is 12.3 Å². The molecule has 0 saturated carbocycles. The number of ether oxygens (including phenoxy) is 3. The van der Waals surface area contributed by atoms with E-state index in [9.17, 15) is 29.4 Å². The minimum Gasteiger partial charge on any atom is -0.496 e. The van der Waals surface area contributed by atoms with Crippen molar-refractivity contribution in [1.29, 1.82) is 0 Å². The molecule has 0 aromatic rings. The molecular formula is C57H110N4O9. The van der Waals surface area contributed by atoms with Crippen LogP contribution in [0.2, 0.25) is 0 Å². The van der Waals surface area contributed by atoms with E-state index < -0.39 is 24.3 Å². The summed E-state index contributed by atoms with van der Waals surface area (Å²) >= 11 is 0. The fraction of sp³-hybridized carbons (Fsp3) is 0.895. The molecule has 1 amide bonds. The predicted octanol–water partition coefficient (Wildman–Crippen LogP) is 11.0. The molecule has 0 saturated heterocycles. The third-order valence-electron chi connectivity index (χ3n) is 13.3. The maximum absolute atomic E-state index is 13.4. The van der Waals surface area contributed by atoms with Crippen molar-refractivity contribution >= 4 is 24.1 Å². The first-order valence-corrected chi connectivity index (χ1v) is 28.6. The second kappa shape index (κ2) is 45.1. The monoisotopic (exact) mass is 995 g/mol. The van der Waals surface area contributed by atoms with E-state index in [1.54, 1.807) is 7.05 Å². The van der Waals surface area contributed by atoms with Gasteiger partial charge in [0.05, 0.1) is 48.4 Å². The maximum atomic E-state index is 13.4. The minimum absolute atomic E-state index is 0.117. The number of nitrogens with one attached hydrogen (secondary N) is 2. The smallest absolute Gasteiger partial charge is 0.306 e. The Kier molecular flexibility index (Phi) is 43.4. The summed E-state index contributed by atoms with van der Waals surface area (Å²) in [5.74, 6) is 0.819. The van der Waals surface area contributed by atoms with E-state index >= 15 is 0 Å². The number of aliphatic hydroxyl groups excluding tert-OH is 2. The van der Waals surface area contributed by atoms with E-state index in [0.717, 1.165) is 128 Å². The Labute approximate surface area is 429 Å². The van der Waals surface area contributed by atoms with Crippen LogP contribution < -0.4 is 10.6 Å². The number of aldehydes is 1. The summed E-state index contributed by atoms with van der Waals surface area (Å²) in [6.45, 7) is 25.5. The molecule has 4 N–H and O–H groups in total. The number of esters is 2. The molecule has 0 rings (SSSR count). The number of carbonyl (C=O) groups is 4. The van der Waals surface area contributed by atoms with Crippen LogP contribution in [0.15, 0.2) is 12.3 Å². The van der Waals surface area contributed by atoms with Gasteiger partial charge in [0, 0.05) is 38.9 Å². The molecule has 0 aromatic heterocycles. The molecule has 0 aromatic carbocycles. The van der Waals surface area contributed by atoms with E-state index in [0.29, 0.717) is 76.9 Å². The predicted molar refractivity (Wildman–Crippen MR) is 288 cm³/mol. The number of hydrogen-bond acceptors (Lipinski definition) is 12. The quantitative estimate of drug-likeness (QED) is 0.0197. The molecule has 0 bridgehead atoms. The lowest BCUT2D eigenvalue weighted by molar-refractivity contribution is -0.149. The summed E-state index contributed by atoms with van der Waals surface area (Å²) in [6, 6.07) is -1.01. The van der Waals surface area contributed by atoms with E-state index in [1.165, 1.54) is 19.3 Å². The zero-order chi connectivity index (χ0) is 52.4. The highest BCUT2D eigenvalue weighted by Gasteiger charge is 2.22. The number of aliphatic hydroxyl groups is 2. The van der Waals surface area contributed by atoms with Gasteiger partial charge >= 0.3 is 11.9 Å². The highest BCUT2D eigenvalue weighted by molar-refractivity contribution is 5.84. The standard InChI is InChI=1S/C57H110N4O9/c1-11-15-18-29-47(6)68-48(7)32-25-28-46(5)42-60(39-14-4)40-24-22-36-54(58-10)57(67)59-51(45-62)33-21-23-41-61(43-52(63)34-26-37-55(65)69-49(8)30-19-16-12-2)44-53(64)35-27-38-56(66)70-50(9)31-20-17-13-3/h45-47,49-54,58,63-64H,7,11-44H2,1-6,8-10H3,(H,59,67). The van der Waals surface area contributed by atoms with Crippen LogP contribution in [-0.2, 0) is 33.4 Å². The van der Waals surface area contributed by atoms with Crippen LogP contribution in [-0.4, -0.2) is 133 Å². The number of nitrogens with zero attached hydrogens (tertiary/aromatic N) is 2. The van der Waals surface area contributed by atoms with Gasteiger partial charge in [-0.15, -0.1) is 0 Å². The first kappa shape index (κ1) is 67.4. The SMILES string of the molecule is C=C(CCCC(C)CN(CCC)CCCCC(NC)C(=O)NC(C=O)CCCCN(CC(O)CCCC(=O)OC(C)CCCCC)CC(O)CCCC(=O)OC(C)CCCCC)OC(C)CCCCC.